The van der Waals surface area contributed by atoms with Crippen LogP contribution < -0.4 is 11.4 Å². The van der Waals surface area contributed by atoms with Gasteiger partial charge in [0.2, 0.25) is 0 Å². The minimum absolute atomic E-state index is 0.293. The second-order valence-electron chi connectivity index (χ2n) is 9.29. The van der Waals surface area contributed by atoms with E-state index in [9.17, 15) is 9.90 Å². The highest BCUT2D eigenvalue weighted by atomic mass is 16.3. The predicted molar refractivity (Wildman–Crippen MR) is 128 cm³/mol. The van der Waals surface area contributed by atoms with Crippen molar-refractivity contribution in [3.63, 3.8) is 0 Å². The highest BCUT2D eigenvalue weighted by Gasteiger charge is 2.49. The number of rotatable bonds is 3. The van der Waals surface area contributed by atoms with Crippen LogP contribution in [0, 0.1) is 0 Å². The average Bonchev–Trinajstić information content (AvgIpc) is 3.19. The third-order valence-electron chi connectivity index (χ3n) is 6.57. The largest absolute Gasteiger partial charge is 0.390 e. The Balaban J connectivity index is 1.54. The first kappa shape index (κ1) is 19.8. The number of nitrogens with two attached hydrogens (primary N) is 1. The predicted octanol–water partition coefficient (Wildman–Crippen LogP) is 3.60. The van der Waals surface area contributed by atoms with Crippen molar-refractivity contribution in [1.82, 2.24) is 19.6 Å². The smallest absolute Gasteiger partial charge is 0.348 e. The second kappa shape index (κ2) is 6.84. The fourth-order valence-corrected chi connectivity index (χ4v) is 5.16. The van der Waals surface area contributed by atoms with Crippen molar-refractivity contribution >= 4 is 16.7 Å². The molecule has 1 saturated carbocycles. The van der Waals surface area contributed by atoms with Gasteiger partial charge in [-0.1, -0.05) is 54.6 Å². The van der Waals surface area contributed by atoms with Gasteiger partial charge in [-0.2, -0.15) is 5.10 Å². The molecule has 1 aliphatic rings. The summed E-state index contributed by atoms with van der Waals surface area (Å²) >= 11 is 0. The molecule has 0 saturated heterocycles. The molecule has 0 amide bonds. The van der Waals surface area contributed by atoms with Crippen LogP contribution in [0.15, 0.2) is 77.6 Å². The van der Waals surface area contributed by atoms with Crippen molar-refractivity contribution in [3.8, 4) is 22.4 Å². The quantitative estimate of drug-likeness (QED) is 0.400. The van der Waals surface area contributed by atoms with E-state index >= 15 is 0 Å². The SMILES string of the molecule is C[C@]1(O)C[C@@](N)(c2ccc(-c3nc4ccc5n[nH]c(=O)n5c4cc3-c3ccccc3)cc2)C1. The van der Waals surface area contributed by atoms with Gasteiger partial charge in [-0.15, -0.1) is 0 Å². The Morgan fingerprint density at radius 2 is 1.73 bits per heavy atom. The molecule has 0 aliphatic heterocycles. The minimum Gasteiger partial charge on any atom is -0.390 e. The molecule has 3 aromatic heterocycles. The maximum atomic E-state index is 12.4. The van der Waals surface area contributed by atoms with Crippen molar-refractivity contribution < 1.29 is 5.11 Å². The first-order chi connectivity index (χ1) is 15.8. The van der Waals surface area contributed by atoms with Crippen molar-refractivity contribution in [1.29, 1.82) is 0 Å². The summed E-state index contributed by atoms with van der Waals surface area (Å²) in [6, 6.07) is 23.8. The van der Waals surface area contributed by atoms with Gasteiger partial charge in [-0.05, 0) is 49.1 Å². The van der Waals surface area contributed by atoms with Gasteiger partial charge in [-0.3, -0.25) is 0 Å². The Kier molecular flexibility index (Phi) is 4.11. The molecule has 0 bridgehead atoms. The van der Waals surface area contributed by atoms with E-state index < -0.39 is 11.1 Å². The Labute approximate surface area is 189 Å². The molecule has 5 aromatic rings. The van der Waals surface area contributed by atoms with Crippen molar-refractivity contribution in [2.45, 2.75) is 30.9 Å². The number of nitrogens with zero attached hydrogens (tertiary/aromatic N) is 3. The van der Waals surface area contributed by atoms with Crippen LogP contribution in [0.1, 0.15) is 25.3 Å². The number of aliphatic hydroxyl groups is 1. The van der Waals surface area contributed by atoms with Crippen molar-refractivity contribution in [2.75, 3.05) is 0 Å². The molecule has 0 unspecified atom stereocenters. The van der Waals surface area contributed by atoms with Gasteiger partial charge in [0.15, 0.2) is 5.65 Å². The molecule has 2 aromatic carbocycles. The zero-order chi connectivity index (χ0) is 22.8. The molecule has 6 rings (SSSR count). The fourth-order valence-electron chi connectivity index (χ4n) is 5.16. The topological polar surface area (TPSA) is 109 Å². The maximum Gasteiger partial charge on any atom is 0.348 e. The lowest BCUT2D eigenvalue weighted by atomic mass is 9.63. The van der Waals surface area contributed by atoms with E-state index in [-0.39, 0.29) is 5.69 Å². The maximum absolute atomic E-state index is 12.4. The zero-order valence-electron chi connectivity index (χ0n) is 18.1. The van der Waals surface area contributed by atoms with Crippen molar-refractivity contribution in [2.24, 2.45) is 5.73 Å². The highest BCUT2D eigenvalue weighted by molar-refractivity contribution is 5.91. The number of aromatic amines is 1. The van der Waals surface area contributed by atoms with Crippen LogP contribution in [-0.4, -0.2) is 30.3 Å². The van der Waals surface area contributed by atoms with Crippen LogP contribution in [0.25, 0.3) is 39.1 Å². The first-order valence-corrected chi connectivity index (χ1v) is 10.9. The number of benzene rings is 2. The lowest BCUT2D eigenvalue weighted by molar-refractivity contribution is -0.0738. The van der Waals surface area contributed by atoms with E-state index in [0.717, 1.165) is 27.9 Å². The number of pyridine rings is 2. The molecule has 4 N–H and O–H groups in total. The first-order valence-electron chi connectivity index (χ1n) is 10.9. The van der Waals surface area contributed by atoms with E-state index in [1.807, 2.05) is 73.7 Å². The van der Waals surface area contributed by atoms with Crippen LogP contribution in [0.2, 0.25) is 0 Å². The van der Waals surface area contributed by atoms with Crippen LogP contribution >= 0.6 is 0 Å². The Morgan fingerprint density at radius 1 is 1.00 bits per heavy atom. The lowest BCUT2D eigenvalue weighted by Gasteiger charge is -2.49. The molecular formula is C26H23N5O2. The summed E-state index contributed by atoms with van der Waals surface area (Å²) in [6.45, 7) is 1.82. The minimum atomic E-state index is -0.704. The molecule has 1 aliphatic carbocycles. The number of H-pyrrole nitrogens is 1. The van der Waals surface area contributed by atoms with Crippen LogP contribution in [0.5, 0.6) is 0 Å². The van der Waals surface area contributed by atoms with E-state index in [1.165, 1.54) is 0 Å². The molecule has 3 heterocycles. The van der Waals surface area contributed by atoms with E-state index in [2.05, 4.69) is 10.2 Å². The van der Waals surface area contributed by atoms with Crippen molar-refractivity contribution in [3.05, 3.63) is 88.8 Å². The summed E-state index contributed by atoms with van der Waals surface area (Å²) in [5.74, 6) is 0. The van der Waals surface area contributed by atoms with Crippen LogP contribution in [0.3, 0.4) is 0 Å². The Bertz CT molecular complexity index is 1560. The average molecular weight is 438 g/mol. The summed E-state index contributed by atoms with van der Waals surface area (Å²) in [4.78, 5) is 17.4. The van der Waals surface area contributed by atoms with Gasteiger partial charge < -0.3 is 10.8 Å². The normalized spacial score (nSPS) is 22.5. The standard InChI is InChI=1S/C26H23N5O2/c1-25(33)14-26(27,15-25)18-9-7-17(8-10-18)23-19(16-5-3-2-4-6-16)13-21-20(28-23)11-12-22-29-30-24(32)31(21)22/h2-13,33H,14-15,27H2,1H3,(H,30,32)/t25-,26-. The van der Waals surface area contributed by atoms with Gasteiger partial charge in [0, 0.05) is 16.7 Å². The highest BCUT2D eigenvalue weighted by Crippen LogP contribution is 2.46. The lowest BCUT2D eigenvalue weighted by Crippen LogP contribution is -2.58. The number of hydrogen-bond acceptors (Lipinski definition) is 5. The molecule has 7 nitrogen and oxygen atoms in total. The summed E-state index contributed by atoms with van der Waals surface area (Å²) in [5, 5.41) is 16.8. The van der Waals surface area contributed by atoms with Gasteiger partial charge in [0.25, 0.3) is 0 Å². The third kappa shape index (κ3) is 3.16. The van der Waals surface area contributed by atoms with Gasteiger partial charge >= 0.3 is 5.69 Å². The van der Waals surface area contributed by atoms with E-state index in [0.29, 0.717) is 29.5 Å². The molecule has 0 atom stereocenters. The number of nitrogens with one attached hydrogen (secondary N) is 1. The molecular weight excluding hydrogens is 414 g/mol. The summed E-state index contributed by atoms with van der Waals surface area (Å²) in [7, 11) is 0. The van der Waals surface area contributed by atoms with E-state index in [1.54, 1.807) is 10.5 Å². The molecule has 0 spiro atoms. The molecule has 7 heteroatoms. The molecule has 33 heavy (non-hydrogen) atoms. The summed E-state index contributed by atoms with van der Waals surface area (Å²) in [5.41, 5.74) is 11.7. The number of aromatic nitrogens is 4. The Morgan fingerprint density at radius 3 is 2.42 bits per heavy atom. The monoisotopic (exact) mass is 437 g/mol. The molecule has 1 fully saturated rings. The zero-order valence-corrected chi connectivity index (χ0v) is 18.1. The number of hydrogen-bond donors (Lipinski definition) is 3. The molecule has 164 valence electrons. The van der Waals surface area contributed by atoms with Crippen LogP contribution in [-0.2, 0) is 5.54 Å². The van der Waals surface area contributed by atoms with Gasteiger partial charge in [0.1, 0.15) is 0 Å². The molecule has 0 radical (unpaired) electrons. The van der Waals surface area contributed by atoms with E-state index in [4.69, 9.17) is 10.7 Å². The van der Waals surface area contributed by atoms with Crippen LogP contribution in [0.4, 0.5) is 0 Å². The Hall–Kier alpha value is -3.81. The fraction of sp³-hybridized carbons (Fsp3) is 0.192. The second-order valence-corrected chi connectivity index (χ2v) is 9.29. The summed E-state index contributed by atoms with van der Waals surface area (Å²) in [6.07, 6.45) is 1.08. The number of fused-ring (bicyclic) bond motifs is 3. The summed E-state index contributed by atoms with van der Waals surface area (Å²) < 4.78 is 1.54. The third-order valence-corrected chi connectivity index (χ3v) is 6.57. The van der Waals surface area contributed by atoms with Gasteiger partial charge in [0.05, 0.1) is 22.3 Å². The van der Waals surface area contributed by atoms with Gasteiger partial charge in [-0.25, -0.2) is 19.3 Å².